The summed E-state index contributed by atoms with van der Waals surface area (Å²) < 4.78 is 6.17. The molecule has 0 heterocycles. The molecule has 0 radical (unpaired) electrons. The van der Waals surface area contributed by atoms with Crippen LogP contribution in [0.2, 0.25) is 0 Å². The molecule has 3 nitrogen and oxygen atoms in total. The van der Waals surface area contributed by atoms with Crippen LogP contribution in [-0.4, -0.2) is 13.0 Å². The van der Waals surface area contributed by atoms with Crippen molar-refractivity contribution in [1.29, 1.82) is 0 Å². The highest BCUT2D eigenvalue weighted by molar-refractivity contribution is 14.1. The summed E-state index contributed by atoms with van der Waals surface area (Å²) in [6.45, 7) is 4.32. The van der Waals surface area contributed by atoms with Crippen LogP contribution in [0.1, 0.15) is 42.2 Å². The molecule has 2 aromatic rings. The fourth-order valence-corrected chi connectivity index (χ4v) is 3.10. The van der Waals surface area contributed by atoms with Gasteiger partial charge in [0, 0.05) is 3.57 Å². The maximum Gasteiger partial charge on any atom is 0.252 e. The van der Waals surface area contributed by atoms with Crippen molar-refractivity contribution in [2.45, 2.75) is 26.3 Å². The number of amides is 1. The van der Waals surface area contributed by atoms with Crippen LogP contribution < -0.4 is 10.1 Å². The number of halogens is 1. The number of carbonyl (C=O) groups is 1. The molecular weight excluding hydrogens is 401 g/mol. The molecule has 0 aromatic heterocycles. The van der Waals surface area contributed by atoms with Gasteiger partial charge in [0.15, 0.2) is 0 Å². The van der Waals surface area contributed by atoms with Gasteiger partial charge in [-0.3, -0.25) is 4.79 Å². The smallest absolute Gasteiger partial charge is 0.252 e. The molecule has 0 spiro atoms. The van der Waals surface area contributed by atoms with Gasteiger partial charge in [-0.15, -0.1) is 0 Å². The summed E-state index contributed by atoms with van der Waals surface area (Å²) >= 11 is 2.19. The Morgan fingerprint density at radius 1 is 1.13 bits per heavy atom. The van der Waals surface area contributed by atoms with Crippen LogP contribution in [0.3, 0.4) is 0 Å². The van der Waals surface area contributed by atoms with Crippen LogP contribution in [0.15, 0.2) is 48.5 Å². The Balaban J connectivity index is 2.21. The number of carbonyl (C=O) groups excluding carboxylic acids is 1. The monoisotopic (exact) mass is 423 g/mol. The van der Waals surface area contributed by atoms with E-state index in [1.807, 2.05) is 48.5 Å². The van der Waals surface area contributed by atoms with Crippen molar-refractivity contribution < 1.29 is 9.53 Å². The fourth-order valence-electron chi connectivity index (χ4n) is 2.47. The highest BCUT2D eigenvalue weighted by Gasteiger charge is 2.18. The lowest BCUT2D eigenvalue weighted by molar-refractivity contribution is 0.0931. The minimum atomic E-state index is -0.0310. The van der Waals surface area contributed by atoms with E-state index >= 15 is 0 Å². The molecule has 23 heavy (non-hydrogen) atoms. The molecule has 0 fully saturated rings. The first kappa shape index (κ1) is 17.8. The van der Waals surface area contributed by atoms with Crippen molar-refractivity contribution in [3.05, 3.63) is 63.2 Å². The summed E-state index contributed by atoms with van der Waals surface area (Å²) in [6, 6.07) is 15.5. The predicted octanol–water partition coefficient (Wildman–Crippen LogP) is 4.82. The number of ether oxygens (including phenoxy) is 1. The highest BCUT2D eigenvalue weighted by atomic mass is 127. The van der Waals surface area contributed by atoms with E-state index in [0.29, 0.717) is 5.92 Å². The van der Waals surface area contributed by atoms with Crippen LogP contribution in [0, 0.1) is 9.49 Å². The average molecular weight is 423 g/mol. The number of rotatable bonds is 6. The zero-order valence-electron chi connectivity index (χ0n) is 13.7. The molecule has 0 bridgehead atoms. The van der Waals surface area contributed by atoms with E-state index in [2.05, 4.69) is 41.8 Å². The summed E-state index contributed by atoms with van der Waals surface area (Å²) in [4.78, 5) is 12.6. The van der Waals surface area contributed by atoms with Gasteiger partial charge in [-0.2, -0.15) is 0 Å². The van der Waals surface area contributed by atoms with E-state index in [0.717, 1.165) is 26.9 Å². The maximum atomic E-state index is 12.6. The standard InChI is InChI=1S/C19H22INO2/c1-13(2)12-18(14-8-10-15(23-3)11-9-14)21-19(22)16-6-4-5-7-17(16)20/h4-11,13,18H,12H2,1-3H3,(H,21,22)/t18-/m1/s1. The lowest BCUT2D eigenvalue weighted by Gasteiger charge is -2.22. The second-order valence-electron chi connectivity index (χ2n) is 5.91. The average Bonchev–Trinajstić information content (AvgIpc) is 2.54. The molecule has 1 N–H and O–H groups in total. The Hall–Kier alpha value is -1.56. The summed E-state index contributed by atoms with van der Waals surface area (Å²) in [6.07, 6.45) is 0.890. The van der Waals surface area contributed by atoms with Crippen LogP contribution in [0.25, 0.3) is 0 Å². The van der Waals surface area contributed by atoms with Gasteiger partial charge in [-0.1, -0.05) is 38.1 Å². The third-order valence-electron chi connectivity index (χ3n) is 3.65. The van der Waals surface area contributed by atoms with Gasteiger partial charge in [0.1, 0.15) is 5.75 Å². The molecule has 0 unspecified atom stereocenters. The van der Waals surface area contributed by atoms with Gasteiger partial charge in [0.25, 0.3) is 5.91 Å². The second kappa shape index (κ2) is 8.34. The van der Waals surface area contributed by atoms with Crippen molar-refractivity contribution in [3.63, 3.8) is 0 Å². The first-order valence-corrected chi connectivity index (χ1v) is 8.78. The van der Waals surface area contributed by atoms with Crippen LogP contribution >= 0.6 is 22.6 Å². The highest BCUT2D eigenvalue weighted by Crippen LogP contribution is 2.24. The SMILES string of the molecule is COc1ccc([C@@H](CC(C)C)NC(=O)c2ccccc2I)cc1. The van der Waals surface area contributed by atoms with Gasteiger partial charge in [-0.25, -0.2) is 0 Å². The molecular formula is C19H22INO2. The van der Waals surface area contributed by atoms with E-state index in [1.54, 1.807) is 7.11 Å². The minimum absolute atomic E-state index is 0.00980. The molecule has 0 aliphatic rings. The van der Waals surface area contributed by atoms with Crippen LogP contribution in [0.4, 0.5) is 0 Å². The van der Waals surface area contributed by atoms with E-state index in [4.69, 9.17) is 4.74 Å². The topological polar surface area (TPSA) is 38.3 Å². The third-order valence-corrected chi connectivity index (χ3v) is 4.59. The molecule has 0 aliphatic carbocycles. The maximum absolute atomic E-state index is 12.6. The summed E-state index contributed by atoms with van der Waals surface area (Å²) in [5.41, 5.74) is 1.81. The minimum Gasteiger partial charge on any atom is -0.497 e. The number of nitrogens with one attached hydrogen (secondary N) is 1. The lowest BCUT2D eigenvalue weighted by atomic mass is 9.96. The van der Waals surface area contributed by atoms with Crippen molar-refractivity contribution in [2.75, 3.05) is 7.11 Å². The third kappa shape index (κ3) is 4.96. The number of methoxy groups -OCH3 is 1. The van der Waals surface area contributed by atoms with Crippen molar-refractivity contribution in [2.24, 2.45) is 5.92 Å². The summed E-state index contributed by atoms with van der Waals surface area (Å²) in [5.74, 6) is 1.27. The van der Waals surface area contributed by atoms with E-state index < -0.39 is 0 Å². The van der Waals surface area contributed by atoms with Gasteiger partial charge < -0.3 is 10.1 Å². The molecule has 4 heteroatoms. The van der Waals surface area contributed by atoms with E-state index in [1.165, 1.54) is 0 Å². The second-order valence-corrected chi connectivity index (χ2v) is 7.07. The fraction of sp³-hybridized carbons (Fsp3) is 0.316. The van der Waals surface area contributed by atoms with E-state index in [-0.39, 0.29) is 11.9 Å². The van der Waals surface area contributed by atoms with Crippen LogP contribution in [-0.2, 0) is 0 Å². The van der Waals surface area contributed by atoms with Crippen molar-refractivity contribution in [3.8, 4) is 5.75 Å². The van der Waals surface area contributed by atoms with E-state index in [9.17, 15) is 4.79 Å². The summed E-state index contributed by atoms with van der Waals surface area (Å²) in [5, 5.41) is 3.17. The van der Waals surface area contributed by atoms with Gasteiger partial charge >= 0.3 is 0 Å². The van der Waals surface area contributed by atoms with Gasteiger partial charge in [0.2, 0.25) is 0 Å². The van der Waals surface area contributed by atoms with Gasteiger partial charge in [-0.05, 0) is 64.8 Å². The molecule has 0 aliphatic heterocycles. The number of hydrogen-bond acceptors (Lipinski definition) is 2. The van der Waals surface area contributed by atoms with Gasteiger partial charge in [0.05, 0.1) is 18.7 Å². The normalized spacial score (nSPS) is 12.0. The number of benzene rings is 2. The van der Waals surface area contributed by atoms with Crippen LogP contribution in [0.5, 0.6) is 5.75 Å². The molecule has 2 rings (SSSR count). The first-order valence-electron chi connectivity index (χ1n) is 7.70. The Bertz CT molecular complexity index is 653. The molecule has 0 saturated carbocycles. The Morgan fingerprint density at radius 3 is 2.35 bits per heavy atom. The Kier molecular flexibility index (Phi) is 6.45. The largest absolute Gasteiger partial charge is 0.497 e. The Morgan fingerprint density at radius 2 is 1.78 bits per heavy atom. The first-order chi connectivity index (χ1) is 11.0. The molecule has 1 amide bonds. The number of hydrogen-bond donors (Lipinski definition) is 1. The van der Waals surface area contributed by atoms with Crippen molar-refractivity contribution >= 4 is 28.5 Å². The zero-order chi connectivity index (χ0) is 16.8. The molecule has 2 aromatic carbocycles. The summed E-state index contributed by atoms with van der Waals surface area (Å²) in [7, 11) is 1.65. The quantitative estimate of drug-likeness (QED) is 0.677. The zero-order valence-corrected chi connectivity index (χ0v) is 15.8. The van der Waals surface area contributed by atoms with Crippen molar-refractivity contribution in [1.82, 2.24) is 5.32 Å². The lowest BCUT2D eigenvalue weighted by Crippen LogP contribution is -2.30. The molecule has 0 saturated heterocycles. The molecule has 1 atom stereocenters. The Labute approximate surface area is 151 Å². The predicted molar refractivity (Wildman–Crippen MR) is 102 cm³/mol. The molecule has 122 valence electrons.